The second-order valence-electron chi connectivity index (χ2n) is 5.48. The lowest BCUT2D eigenvalue weighted by Gasteiger charge is -2.14. The van der Waals surface area contributed by atoms with E-state index in [0.717, 1.165) is 16.8 Å². The Morgan fingerprint density at radius 3 is 2.58 bits per heavy atom. The number of hydrogen-bond donors (Lipinski definition) is 1. The molecule has 1 N–H and O–H groups in total. The van der Waals surface area contributed by atoms with Crippen molar-refractivity contribution in [3.05, 3.63) is 54.2 Å². The van der Waals surface area contributed by atoms with Crippen LogP contribution in [0.2, 0.25) is 0 Å². The number of fused-ring (bicyclic) bond motifs is 1. The van der Waals surface area contributed by atoms with Crippen LogP contribution in [0.25, 0.3) is 10.9 Å². The Labute approximate surface area is 151 Å². The van der Waals surface area contributed by atoms with Gasteiger partial charge < -0.3 is 19.5 Å². The number of ether oxygens (including phenoxy) is 3. The molecule has 0 spiro atoms. The summed E-state index contributed by atoms with van der Waals surface area (Å²) in [6.07, 6.45) is 1.70. The second-order valence-corrected chi connectivity index (χ2v) is 5.48. The van der Waals surface area contributed by atoms with E-state index in [1.807, 2.05) is 24.3 Å². The lowest BCUT2D eigenvalue weighted by atomic mass is 10.1. The van der Waals surface area contributed by atoms with E-state index in [-0.39, 0.29) is 5.97 Å². The smallest absolute Gasteiger partial charge is 0.338 e. The third-order valence-electron chi connectivity index (χ3n) is 3.91. The average Bonchev–Trinajstić information content (AvgIpc) is 2.67. The van der Waals surface area contributed by atoms with E-state index < -0.39 is 0 Å². The summed E-state index contributed by atoms with van der Waals surface area (Å²) in [5, 5.41) is 4.13. The van der Waals surface area contributed by atoms with Gasteiger partial charge in [-0.2, -0.15) is 0 Å². The van der Waals surface area contributed by atoms with Crippen LogP contribution < -0.4 is 14.8 Å². The number of hydrogen-bond acceptors (Lipinski definition) is 6. The topological polar surface area (TPSA) is 69.7 Å². The average molecular weight is 352 g/mol. The van der Waals surface area contributed by atoms with Crippen LogP contribution in [0.3, 0.4) is 0 Å². The van der Waals surface area contributed by atoms with Crippen molar-refractivity contribution in [1.82, 2.24) is 4.98 Å². The molecule has 3 rings (SSSR count). The fourth-order valence-electron chi connectivity index (χ4n) is 2.74. The Hall–Kier alpha value is -3.28. The van der Waals surface area contributed by atoms with Gasteiger partial charge in [-0.05, 0) is 43.3 Å². The molecule has 0 aliphatic heterocycles. The molecule has 26 heavy (non-hydrogen) atoms. The number of pyridine rings is 1. The van der Waals surface area contributed by atoms with Crippen molar-refractivity contribution in [2.45, 2.75) is 6.92 Å². The SMILES string of the molecule is CCOC(=O)c1cccc(Nc2ccnc3c(OC)ccc(OC)c23)c1. The monoisotopic (exact) mass is 352 g/mol. The zero-order valence-corrected chi connectivity index (χ0v) is 14.9. The summed E-state index contributed by atoms with van der Waals surface area (Å²) in [6, 6.07) is 12.6. The van der Waals surface area contributed by atoms with Crippen molar-refractivity contribution in [1.29, 1.82) is 0 Å². The number of methoxy groups -OCH3 is 2. The van der Waals surface area contributed by atoms with Gasteiger partial charge in [-0.3, -0.25) is 4.98 Å². The molecule has 0 amide bonds. The number of carbonyl (C=O) groups excluding carboxylic acids is 1. The van der Waals surface area contributed by atoms with Crippen molar-refractivity contribution in [3.63, 3.8) is 0 Å². The quantitative estimate of drug-likeness (QED) is 0.672. The summed E-state index contributed by atoms with van der Waals surface area (Å²) in [5.74, 6) is 0.984. The van der Waals surface area contributed by atoms with Gasteiger partial charge in [-0.1, -0.05) is 6.07 Å². The van der Waals surface area contributed by atoms with E-state index in [1.54, 1.807) is 45.5 Å². The number of carbonyl (C=O) groups is 1. The Bertz CT molecular complexity index is 940. The van der Waals surface area contributed by atoms with E-state index in [1.165, 1.54) is 0 Å². The molecule has 0 radical (unpaired) electrons. The van der Waals surface area contributed by atoms with Crippen molar-refractivity contribution in [2.24, 2.45) is 0 Å². The predicted molar refractivity (Wildman–Crippen MR) is 101 cm³/mol. The number of nitrogens with one attached hydrogen (secondary N) is 1. The van der Waals surface area contributed by atoms with Gasteiger partial charge in [-0.15, -0.1) is 0 Å². The first-order valence-corrected chi connectivity index (χ1v) is 8.21. The van der Waals surface area contributed by atoms with E-state index in [0.29, 0.717) is 29.2 Å². The number of anilines is 2. The van der Waals surface area contributed by atoms with Gasteiger partial charge in [0.25, 0.3) is 0 Å². The number of esters is 1. The molecule has 6 heteroatoms. The first kappa shape index (κ1) is 17.5. The van der Waals surface area contributed by atoms with Crippen LogP contribution in [0, 0.1) is 0 Å². The van der Waals surface area contributed by atoms with Crippen LogP contribution in [0.5, 0.6) is 11.5 Å². The zero-order valence-electron chi connectivity index (χ0n) is 14.9. The zero-order chi connectivity index (χ0) is 18.5. The van der Waals surface area contributed by atoms with Gasteiger partial charge in [0.1, 0.15) is 17.0 Å². The number of aromatic nitrogens is 1. The maximum absolute atomic E-state index is 11.9. The van der Waals surface area contributed by atoms with E-state index >= 15 is 0 Å². The number of rotatable bonds is 6. The van der Waals surface area contributed by atoms with Crippen LogP contribution >= 0.6 is 0 Å². The third-order valence-corrected chi connectivity index (χ3v) is 3.91. The van der Waals surface area contributed by atoms with E-state index in [4.69, 9.17) is 14.2 Å². The molecule has 0 bridgehead atoms. The molecule has 1 heterocycles. The van der Waals surface area contributed by atoms with Crippen molar-refractivity contribution in [3.8, 4) is 11.5 Å². The highest BCUT2D eigenvalue weighted by molar-refractivity contribution is 6.01. The molecule has 0 saturated carbocycles. The minimum Gasteiger partial charge on any atom is -0.496 e. The standard InChI is InChI=1S/C20H20N2O4/c1-4-26-20(23)13-6-5-7-14(12-13)22-15-10-11-21-19-17(25-3)9-8-16(24-2)18(15)19/h5-12H,4H2,1-3H3,(H,21,22). The van der Waals surface area contributed by atoms with Crippen LogP contribution in [0.15, 0.2) is 48.7 Å². The Morgan fingerprint density at radius 2 is 1.85 bits per heavy atom. The van der Waals surface area contributed by atoms with E-state index in [9.17, 15) is 4.79 Å². The normalized spacial score (nSPS) is 10.4. The number of nitrogens with zero attached hydrogens (tertiary/aromatic N) is 1. The van der Waals surface area contributed by atoms with E-state index in [2.05, 4.69) is 10.3 Å². The maximum atomic E-state index is 11.9. The predicted octanol–water partition coefficient (Wildman–Crippen LogP) is 4.17. The molecule has 134 valence electrons. The minimum atomic E-state index is -0.352. The van der Waals surface area contributed by atoms with Crippen LogP contribution in [0.1, 0.15) is 17.3 Å². The molecule has 2 aromatic carbocycles. The molecule has 1 aromatic heterocycles. The van der Waals surface area contributed by atoms with Gasteiger partial charge in [0.15, 0.2) is 0 Å². The fourth-order valence-corrected chi connectivity index (χ4v) is 2.74. The van der Waals surface area contributed by atoms with Crippen molar-refractivity contribution in [2.75, 3.05) is 26.1 Å². The van der Waals surface area contributed by atoms with Crippen LogP contribution in [-0.2, 0) is 4.74 Å². The summed E-state index contributed by atoms with van der Waals surface area (Å²) in [4.78, 5) is 16.4. The van der Waals surface area contributed by atoms with Crippen molar-refractivity contribution < 1.29 is 19.0 Å². The molecule has 3 aromatic rings. The second kappa shape index (κ2) is 7.74. The summed E-state index contributed by atoms with van der Waals surface area (Å²) < 4.78 is 15.9. The summed E-state index contributed by atoms with van der Waals surface area (Å²) in [7, 11) is 3.21. The highest BCUT2D eigenvalue weighted by Crippen LogP contribution is 2.37. The summed E-state index contributed by atoms with van der Waals surface area (Å²) >= 11 is 0. The first-order chi connectivity index (χ1) is 12.7. The highest BCUT2D eigenvalue weighted by Gasteiger charge is 2.13. The van der Waals surface area contributed by atoms with Gasteiger partial charge in [-0.25, -0.2) is 4.79 Å². The molecule has 0 aliphatic carbocycles. The third kappa shape index (κ3) is 3.39. The molecule has 0 aliphatic rings. The summed E-state index contributed by atoms with van der Waals surface area (Å²) in [5.41, 5.74) is 2.73. The lowest BCUT2D eigenvalue weighted by Crippen LogP contribution is -2.05. The Morgan fingerprint density at radius 1 is 1.08 bits per heavy atom. The molecule has 0 atom stereocenters. The largest absolute Gasteiger partial charge is 0.496 e. The molecule has 0 fully saturated rings. The van der Waals surface area contributed by atoms with Crippen LogP contribution in [-0.4, -0.2) is 31.8 Å². The maximum Gasteiger partial charge on any atom is 0.338 e. The van der Waals surface area contributed by atoms with Gasteiger partial charge in [0.05, 0.1) is 37.5 Å². The Balaban J connectivity index is 2.04. The molecular formula is C20H20N2O4. The lowest BCUT2D eigenvalue weighted by molar-refractivity contribution is 0.0526. The number of benzene rings is 2. The molecule has 0 unspecified atom stereocenters. The van der Waals surface area contributed by atoms with Crippen LogP contribution in [0.4, 0.5) is 11.4 Å². The fraction of sp³-hybridized carbons (Fsp3) is 0.200. The first-order valence-electron chi connectivity index (χ1n) is 8.21. The van der Waals surface area contributed by atoms with Crippen molar-refractivity contribution >= 4 is 28.2 Å². The molecule has 6 nitrogen and oxygen atoms in total. The summed E-state index contributed by atoms with van der Waals surface area (Å²) in [6.45, 7) is 2.12. The van der Waals surface area contributed by atoms with Gasteiger partial charge in [0, 0.05) is 11.9 Å². The van der Waals surface area contributed by atoms with Gasteiger partial charge >= 0.3 is 5.97 Å². The molecule has 0 saturated heterocycles. The Kier molecular flexibility index (Phi) is 5.22. The highest BCUT2D eigenvalue weighted by atomic mass is 16.5. The van der Waals surface area contributed by atoms with Gasteiger partial charge in [0.2, 0.25) is 0 Å². The minimum absolute atomic E-state index is 0.336. The molecular weight excluding hydrogens is 332 g/mol.